The van der Waals surface area contributed by atoms with Crippen molar-refractivity contribution in [3.63, 3.8) is 0 Å². The van der Waals surface area contributed by atoms with E-state index in [0.29, 0.717) is 29.9 Å². The van der Waals surface area contributed by atoms with Gasteiger partial charge in [0.1, 0.15) is 5.82 Å². The van der Waals surface area contributed by atoms with Crippen LogP contribution in [-0.4, -0.2) is 66.4 Å². The van der Waals surface area contributed by atoms with E-state index in [1.54, 1.807) is 16.2 Å². The smallest absolute Gasteiger partial charge is 0.318 e. The summed E-state index contributed by atoms with van der Waals surface area (Å²) >= 11 is 1.66. The summed E-state index contributed by atoms with van der Waals surface area (Å²) in [6.45, 7) is 4.96. The molecule has 33 heavy (non-hydrogen) atoms. The third kappa shape index (κ3) is 4.44. The molecule has 3 aromatic rings. The molecule has 2 atom stereocenters. The molecule has 2 aliphatic rings. The molecule has 11 heteroatoms. The van der Waals surface area contributed by atoms with Gasteiger partial charge in [-0.15, -0.1) is 11.3 Å². The van der Waals surface area contributed by atoms with Crippen LogP contribution in [0.15, 0.2) is 41.0 Å². The zero-order valence-electron chi connectivity index (χ0n) is 18.7. The summed E-state index contributed by atoms with van der Waals surface area (Å²) in [4.78, 5) is 30.1. The Morgan fingerprint density at radius 2 is 1.97 bits per heavy atom. The van der Waals surface area contributed by atoms with Crippen LogP contribution in [-0.2, 0) is 16.3 Å². The van der Waals surface area contributed by atoms with Crippen LogP contribution in [0.25, 0.3) is 10.2 Å². The van der Waals surface area contributed by atoms with Gasteiger partial charge in [-0.25, -0.2) is 28.7 Å². The summed E-state index contributed by atoms with van der Waals surface area (Å²) in [5, 5.41) is 3.22. The average molecular weight is 486 g/mol. The highest BCUT2D eigenvalue weighted by atomic mass is 32.2. The van der Waals surface area contributed by atoms with Crippen LogP contribution in [0.1, 0.15) is 37.2 Å². The normalized spacial score (nSPS) is 21.3. The largest absolute Gasteiger partial charge is 0.331 e. The Bertz CT molecular complexity index is 1280. The van der Waals surface area contributed by atoms with Crippen LogP contribution in [0.4, 0.5) is 4.79 Å². The number of thiazole rings is 1. The van der Waals surface area contributed by atoms with E-state index in [1.165, 1.54) is 28.9 Å². The fourth-order valence-electron chi connectivity index (χ4n) is 4.67. The van der Waals surface area contributed by atoms with E-state index in [0.717, 1.165) is 31.4 Å². The molecule has 0 saturated carbocycles. The number of nitrogens with zero attached hydrogens (tertiary/aromatic N) is 5. The lowest BCUT2D eigenvalue weighted by Gasteiger charge is -2.41. The molecule has 1 aromatic carbocycles. The van der Waals surface area contributed by atoms with E-state index in [4.69, 9.17) is 4.78 Å². The second-order valence-electron chi connectivity index (χ2n) is 9.04. The molecule has 0 radical (unpaired) electrons. The molecule has 2 saturated heterocycles. The highest BCUT2D eigenvalue weighted by Gasteiger charge is 2.45. The Kier molecular flexibility index (Phi) is 5.58. The maximum absolute atomic E-state index is 12.7. The molecule has 174 valence electrons. The quantitative estimate of drug-likeness (QED) is 0.573. The summed E-state index contributed by atoms with van der Waals surface area (Å²) in [7, 11) is -2.85. The first-order valence-corrected chi connectivity index (χ1v) is 13.8. The third-order valence-corrected chi connectivity index (χ3v) is 8.68. The number of aromatic nitrogens is 3. The molecule has 9 nitrogen and oxygen atoms in total. The molecule has 1 spiro atoms. The van der Waals surface area contributed by atoms with Crippen molar-refractivity contribution in [2.75, 3.05) is 25.9 Å². The van der Waals surface area contributed by atoms with E-state index >= 15 is 0 Å². The fraction of sp³-hybridized carbons (Fsp3) is 0.455. The number of carbonyl (C=O) groups is 1. The fourth-order valence-corrected chi connectivity index (χ4v) is 5.84. The Labute approximate surface area is 197 Å². The molecular formula is C22H27N7O2S2. The number of carbonyl (C=O) groups excluding carboxylic acids is 1. The van der Waals surface area contributed by atoms with E-state index in [9.17, 15) is 9.00 Å². The predicted molar refractivity (Wildman–Crippen MR) is 128 cm³/mol. The van der Waals surface area contributed by atoms with Crippen molar-refractivity contribution in [2.24, 2.45) is 0 Å². The molecule has 4 heterocycles. The van der Waals surface area contributed by atoms with Gasteiger partial charge in [0.25, 0.3) is 0 Å². The molecule has 0 bridgehead atoms. The number of rotatable bonds is 5. The number of hydrogen-bond acceptors (Lipinski definition) is 8. The Morgan fingerprint density at radius 3 is 2.67 bits per heavy atom. The van der Waals surface area contributed by atoms with Crippen molar-refractivity contribution in [2.45, 2.75) is 42.8 Å². The monoisotopic (exact) mass is 485 g/mol. The number of hydrogen-bond donors (Lipinski definition) is 2. The maximum atomic E-state index is 12.7. The van der Waals surface area contributed by atoms with Crippen molar-refractivity contribution in [1.82, 2.24) is 30.1 Å². The number of piperidine rings is 1. The second-order valence-corrected chi connectivity index (χ2v) is 12.1. The van der Waals surface area contributed by atoms with Crippen molar-refractivity contribution < 1.29 is 9.00 Å². The summed E-state index contributed by atoms with van der Waals surface area (Å²) < 4.78 is 20.6. The summed E-state index contributed by atoms with van der Waals surface area (Å²) in [5.41, 5.74) is 3.97. The molecule has 1 unspecified atom stereocenters. The number of amides is 2. The molecule has 2 N–H and O–H groups in total. The summed E-state index contributed by atoms with van der Waals surface area (Å²) in [5.74, 6) is 0.484. The average Bonchev–Trinajstić information content (AvgIpc) is 3.37. The van der Waals surface area contributed by atoms with Crippen LogP contribution in [0, 0.1) is 4.78 Å². The Balaban J connectivity index is 1.21. The zero-order chi connectivity index (χ0) is 23.2. The first-order chi connectivity index (χ1) is 15.7. The Morgan fingerprint density at radius 1 is 1.24 bits per heavy atom. The number of nitrogens with one attached hydrogen (secondary N) is 2. The molecule has 5 rings (SSSR count). The number of urea groups is 1. The molecule has 0 aliphatic carbocycles. The zero-order valence-corrected chi connectivity index (χ0v) is 20.3. The van der Waals surface area contributed by atoms with Crippen LogP contribution in [0.3, 0.4) is 0 Å². The van der Waals surface area contributed by atoms with Gasteiger partial charge in [0.05, 0.1) is 42.4 Å². The van der Waals surface area contributed by atoms with Crippen LogP contribution >= 0.6 is 11.3 Å². The first kappa shape index (κ1) is 22.2. The van der Waals surface area contributed by atoms with Gasteiger partial charge in [0, 0.05) is 44.3 Å². The molecule has 2 amide bonds. The first-order valence-electron chi connectivity index (χ1n) is 10.9. The summed E-state index contributed by atoms with van der Waals surface area (Å²) in [6.07, 6.45) is 5.95. The van der Waals surface area contributed by atoms with Gasteiger partial charge in [0.2, 0.25) is 0 Å². The SMILES string of the molecule is C[C@@H](c1ccc2scnc2c1)N1CCC2(CC1)CN(Cc1ncc(S(C)(=N)=O)cn1)C(=O)N2. The highest BCUT2D eigenvalue weighted by molar-refractivity contribution is 7.91. The Hall–Kier alpha value is -2.63. The maximum Gasteiger partial charge on any atom is 0.318 e. The van der Waals surface area contributed by atoms with E-state index in [1.807, 2.05) is 5.51 Å². The van der Waals surface area contributed by atoms with Crippen LogP contribution in [0.2, 0.25) is 0 Å². The van der Waals surface area contributed by atoms with Crippen LogP contribution in [0.5, 0.6) is 0 Å². The van der Waals surface area contributed by atoms with Gasteiger partial charge in [-0.2, -0.15) is 0 Å². The molecular weight excluding hydrogens is 458 g/mol. The lowest BCUT2D eigenvalue weighted by molar-refractivity contribution is 0.115. The number of likely N-dealkylation sites (tertiary alicyclic amines) is 1. The number of benzene rings is 1. The van der Waals surface area contributed by atoms with Crippen LogP contribution < -0.4 is 5.32 Å². The number of fused-ring (bicyclic) bond motifs is 1. The van der Waals surface area contributed by atoms with Crippen molar-refractivity contribution in [3.8, 4) is 0 Å². The van der Waals surface area contributed by atoms with Gasteiger partial charge in [-0.1, -0.05) is 6.07 Å². The van der Waals surface area contributed by atoms with Crippen molar-refractivity contribution in [1.29, 1.82) is 4.78 Å². The lowest BCUT2D eigenvalue weighted by Crippen LogP contribution is -2.52. The predicted octanol–water partition coefficient (Wildman–Crippen LogP) is 3.24. The van der Waals surface area contributed by atoms with E-state index < -0.39 is 9.73 Å². The van der Waals surface area contributed by atoms with Gasteiger partial charge in [-0.3, -0.25) is 4.90 Å². The molecule has 2 aromatic heterocycles. The standard InChI is InChI=1S/C22H27N7O2S2/c1-15(16-3-4-19-18(9-16)26-14-32-19)28-7-5-22(6-8-28)13-29(21(30)27-22)12-20-24-10-17(11-25-20)33(2,23)31/h3-4,9-11,14-15,23H,5-8,12-13H2,1-2H3,(H,27,30)/t15-,33?/m0/s1. The third-order valence-electron chi connectivity index (χ3n) is 6.76. The topological polar surface area (TPSA) is 115 Å². The van der Waals surface area contributed by atoms with Gasteiger partial charge >= 0.3 is 6.03 Å². The lowest BCUT2D eigenvalue weighted by atomic mass is 9.87. The minimum Gasteiger partial charge on any atom is -0.331 e. The summed E-state index contributed by atoms with van der Waals surface area (Å²) in [6, 6.07) is 6.72. The van der Waals surface area contributed by atoms with Crippen molar-refractivity contribution in [3.05, 3.63) is 47.5 Å². The van der Waals surface area contributed by atoms with E-state index in [2.05, 4.69) is 50.3 Å². The van der Waals surface area contributed by atoms with Gasteiger partial charge in [0.15, 0.2) is 0 Å². The molecule has 2 aliphatic heterocycles. The molecule has 2 fully saturated rings. The minimum atomic E-state index is -2.85. The van der Waals surface area contributed by atoms with Gasteiger partial charge in [-0.05, 0) is 37.5 Å². The highest BCUT2D eigenvalue weighted by Crippen LogP contribution is 2.33. The minimum absolute atomic E-state index is 0.0991. The second kappa shape index (κ2) is 8.30. The van der Waals surface area contributed by atoms with E-state index in [-0.39, 0.29) is 11.6 Å². The van der Waals surface area contributed by atoms with Gasteiger partial charge < -0.3 is 10.2 Å². The van der Waals surface area contributed by atoms with Crippen molar-refractivity contribution >= 4 is 37.3 Å².